The quantitative estimate of drug-likeness (QED) is 0.258. The highest BCUT2D eigenvalue weighted by molar-refractivity contribution is 5.87. The molecule has 0 saturated carbocycles. The van der Waals surface area contributed by atoms with Crippen molar-refractivity contribution in [2.75, 3.05) is 0 Å². The number of pyridine rings is 2. The van der Waals surface area contributed by atoms with Crippen LogP contribution < -0.4 is 0 Å². The monoisotopic (exact) mass is 509 g/mol. The second-order valence-corrected chi connectivity index (χ2v) is 11.0. The van der Waals surface area contributed by atoms with Crippen LogP contribution in [0.3, 0.4) is 0 Å². The molecule has 6 rings (SSSR count). The molecule has 6 aromatic rings. The second-order valence-electron chi connectivity index (χ2n) is 11.0. The maximum Gasteiger partial charge on any atom is 0.145 e. The summed E-state index contributed by atoms with van der Waals surface area (Å²) in [5.41, 5.74) is 10.9. The van der Waals surface area contributed by atoms with Crippen LogP contribution in [-0.2, 0) is 5.41 Å². The van der Waals surface area contributed by atoms with Gasteiger partial charge in [-0.05, 0) is 77.1 Å². The number of rotatable bonds is 4. The number of benzene rings is 3. The Bertz CT molecular complexity index is 1800. The van der Waals surface area contributed by atoms with Crippen molar-refractivity contribution in [1.82, 2.24) is 14.4 Å². The van der Waals surface area contributed by atoms with Gasteiger partial charge in [-0.3, -0.25) is 4.98 Å². The maximum atomic E-state index is 10.7. The zero-order valence-electron chi connectivity index (χ0n) is 22.7. The van der Waals surface area contributed by atoms with Gasteiger partial charge in [0.1, 0.15) is 11.4 Å². The molecule has 4 nitrogen and oxygen atoms in total. The highest BCUT2D eigenvalue weighted by Crippen LogP contribution is 2.39. The first kappa shape index (κ1) is 24.6. The van der Waals surface area contributed by atoms with Gasteiger partial charge in [-0.15, -0.1) is 0 Å². The summed E-state index contributed by atoms with van der Waals surface area (Å²) in [6.07, 6.45) is 3.98. The van der Waals surface area contributed by atoms with E-state index < -0.39 is 0 Å². The molecule has 0 unspecified atom stereocenters. The highest BCUT2D eigenvalue weighted by Gasteiger charge is 2.21. The molecule has 0 aliphatic rings. The first-order valence-electron chi connectivity index (χ1n) is 13.2. The van der Waals surface area contributed by atoms with Crippen LogP contribution in [0, 0.1) is 6.92 Å². The minimum absolute atomic E-state index is 0.0564. The van der Waals surface area contributed by atoms with E-state index in [4.69, 9.17) is 4.98 Å². The van der Waals surface area contributed by atoms with E-state index in [0.29, 0.717) is 0 Å². The molecule has 0 atom stereocenters. The molecule has 0 amide bonds. The van der Waals surface area contributed by atoms with Gasteiger partial charge in [0.25, 0.3) is 0 Å². The average molecular weight is 510 g/mol. The Labute approximate surface area is 229 Å². The predicted molar refractivity (Wildman–Crippen MR) is 160 cm³/mol. The molecule has 0 aliphatic heterocycles. The highest BCUT2D eigenvalue weighted by atomic mass is 16.3. The molecule has 1 N–H and O–H groups in total. The van der Waals surface area contributed by atoms with E-state index in [0.717, 1.165) is 56.1 Å². The summed E-state index contributed by atoms with van der Waals surface area (Å²) in [5.74, 6) is 0.223. The maximum absolute atomic E-state index is 10.7. The van der Waals surface area contributed by atoms with Gasteiger partial charge in [0.2, 0.25) is 0 Å². The predicted octanol–water partition coefficient (Wildman–Crippen LogP) is 8.71. The molecular formula is C35H31N3O. The van der Waals surface area contributed by atoms with Crippen molar-refractivity contribution in [2.24, 2.45) is 0 Å². The van der Waals surface area contributed by atoms with Crippen molar-refractivity contribution >= 4 is 5.65 Å². The molecule has 39 heavy (non-hydrogen) atoms. The van der Waals surface area contributed by atoms with Gasteiger partial charge in [-0.1, -0.05) is 75.4 Å². The first-order valence-corrected chi connectivity index (χ1v) is 13.2. The van der Waals surface area contributed by atoms with Gasteiger partial charge < -0.3 is 9.51 Å². The molecule has 0 aliphatic carbocycles. The third-order valence-electron chi connectivity index (χ3n) is 7.30. The molecule has 3 heterocycles. The summed E-state index contributed by atoms with van der Waals surface area (Å²) >= 11 is 0. The number of aromatic nitrogens is 3. The number of aryl methyl sites for hydroxylation is 1. The Morgan fingerprint density at radius 3 is 2.13 bits per heavy atom. The minimum atomic E-state index is -0.0564. The van der Waals surface area contributed by atoms with Crippen LogP contribution in [0.5, 0.6) is 5.75 Å². The van der Waals surface area contributed by atoms with Crippen LogP contribution >= 0.6 is 0 Å². The molecule has 192 valence electrons. The zero-order chi connectivity index (χ0) is 27.1. The Hall–Kier alpha value is -4.70. The summed E-state index contributed by atoms with van der Waals surface area (Å²) in [4.78, 5) is 9.79. The van der Waals surface area contributed by atoms with Crippen LogP contribution in [0.15, 0.2) is 109 Å². The van der Waals surface area contributed by atoms with E-state index in [1.54, 1.807) is 6.07 Å². The fourth-order valence-corrected chi connectivity index (χ4v) is 5.09. The number of hydrogen-bond donors (Lipinski definition) is 1. The van der Waals surface area contributed by atoms with Crippen molar-refractivity contribution in [3.8, 4) is 50.5 Å². The number of phenols is 1. The molecular weight excluding hydrogens is 478 g/mol. The van der Waals surface area contributed by atoms with Gasteiger partial charge in [-0.25, -0.2) is 4.98 Å². The van der Waals surface area contributed by atoms with E-state index in [1.807, 2.05) is 42.6 Å². The smallest absolute Gasteiger partial charge is 0.145 e. The fourth-order valence-electron chi connectivity index (χ4n) is 5.09. The Kier molecular flexibility index (Phi) is 6.03. The molecule has 0 spiro atoms. The van der Waals surface area contributed by atoms with Gasteiger partial charge in [0.15, 0.2) is 0 Å². The van der Waals surface area contributed by atoms with Gasteiger partial charge in [-0.2, -0.15) is 0 Å². The lowest BCUT2D eigenvalue weighted by molar-refractivity contribution is 0.477. The molecule has 4 heteroatoms. The Morgan fingerprint density at radius 1 is 0.692 bits per heavy atom. The third-order valence-corrected chi connectivity index (χ3v) is 7.30. The summed E-state index contributed by atoms with van der Waals surface area (Å²) < 4.78 is 2.16. The zero-order valence-corrected chi connectivity index (χ0v) is 22.7. The SMILES string of the molecule is Cc1c(-c2ccccc2O)nc2c(-c3cc(-c4ccccn4)cc(C(C)(C)C)c3)cc(-c3ccccc3)cn12. The van der Waals surface area contributed by atoms with E-state index in [9.17, 15) is 5.11 Å². The van der Waals surface area contributed by atoms with Crippen molar-refractivity contribution in [2.45, 2.75) is 33.1 Å². The fraction of sp³-hybridized carbons (Fsp3) is 0.143. The summed E-state index contributed by atoms with van der Waals surface area (Å²) in [7, 11) is 0. The number of phenolic OH excluding ortho intramolecular Hbond substituents is 1. The average Bonchev–Trinajstić information content (AvgIpc) is 3.29. The van der Waals surface area contributed by atoms with Crippen molar-refractivity contribution in [3.05, 3.63) is 121 Å². The topological polar surface area (TPSA) is 50.4 Å². The first-order chi connectivity index (χ1) is 18.8. The Balaban J connectivity index is 1.68. The summed E-state index contributed by atoms with van der Waals surface area (Å²) in [6, 6.07) is 32.8. The van der Waals surface area contributed by atoms with E-state index in [2.05, 4.69) is 97.9 Å². The molecule has 0 bridgehead atoms. The number of nitrogens with zero attached hydrogens (tertiary/aromatic N) is 3. The van der Waals surface area contributed by atoms with Crippen LogP contribution in [0.25, 0.3) is 50.4 Å². The van der Waals surface area contributed by atoms with E-state index in [-0.39, 0.29) is 11.2 Å². The van der Waals surface area contributed by atoms with Gasteiger partial charge in [0, 0.05) is 34.8 Å². The third kappa shape index (κ3) is 4.59. The molecule has 3 aromatic heterocycles. The lowest BCUT2D eigenvalue weighted by atomic mass is 9.83. The minimum Gasteiger partial charge on any atom is -0.507 e. The largest absolute Gasteiger partial charge is 0.507 e. The van der Waals surface area contributed by atoms with Crippen LogP contribution in [0.4, 0.5) is 0 Å². The summed E-state index contributed by atoms with van der Waals surface area (Å²) in [6.45, 7) is 8.77. The number of imidazole rings is 1. The summed E-state index contributed by atoms with van der Waals surface area (Å²) in [5, 5.41) is 10.7. The number of para-hydroxylation sites is 1. The van der Waals surface area contributed by atoms with Crippen molar-refractivity contribution in [1.29, 1.82) is 0 Å². The molecule has 3 aromatic carbocycles. The lowest BCUT2D eigenvalue weighted by Gasteiger charge is -2.22. The van der Waals surface area contributed by atoms with Crippen molar-refractivity contribution < 1.29 is 5.11 Å². The number of fused-ring (bicyclic) bond motifs is 1. The standard InChI is InChI=1S/C35H31N3O/c1-23-33(29-14-8-9-16-32(29)39)37-34-30(21-27(22-38(23)34)24-12-6-5-7-13-24)25-18-26(31-15-10-11-17-36-31)20-28(19-25)35(2,3)4/h5-22,39H,1-4H3. The van der Waals surface area contributed by atoms with Crippen LogP contribution in [-0.4, -0.2) is 19.5 Å². The van der Waals surface area contributed by atoms with Crippen LogP contribution in [0.1, 0.15) is 32.0 Å². The number of aromatic hydroxyl groups is 1. The van der Waals surface area contributed by atoms with Crippen LogP contribution in [0.2, 0.25) is 0 Å². The molecule has 0 radical (unpaired) electrons. The molecule has 0 saturated heterocycles. The number of hydrogen-bond acceptors (Lipinski definition) is 3. The van der Waals surface area contributed by atoms with Gasteiger partial charge >= 0.3 is 0 Å². The Morgan fingerprint density at radius 2 is 1.41 bits per heavy atom. The second kappa shape index (κ2) is 9.55. The van der Waals surface area contributed by atoms with E-state index in [1.165, 1.54) is 5.56 Å². The van der Waals surface area contributed by atoms with Gasteiger partial charge in [0.05, 0.1) is 11.4 Å². The normalized spacial score (nSPS) is 11.7. The lowest BCUT2D eigenvalue weighted by Crippen LogP contribution is -2.11. The van der Waals surface area contributed by atoms with E-state index >= 15 is 0 Å². The van der Waals surface area contributed by atoms with Crippen molar-refractivity contribution in [3.63, 3.8) is 0 Å². The molecule has 0 fully saturated rings.